The zero-order valence-electron chi connectivity index (χ0n) is 11.5. The summed E-state index contributed by atoms with van der Waals surface area (Å²) in [6.45, 7) is 2.03. The molecule has 2 heterocycles. The second-order valence-electron chi connectivity index (χ2n) is 4.65. The van der Waals surface area contributed by atoms with E-state index in [4.69, 9.17) is 11.6 Å². The molecular formula is C15H14ClN3OS. The van der Waals surface area contributed by atoms with Gasteiger partial charge in [0.05, 0.1) is 22.8 Å². The molecule has 0 saturated heterocycles. The molecule has 0 saturated carbocycles. The molecule has 2 aromatic heterocycles. The maximum absolute atomic E-state index is 12.8. The number of halogens is 1. The van der Waals surface area contributed by atoms with Crippen molar-refractivity contribution in [3.63, 3.8) is 0 Å². The smallest absolute Gasteiger partial charge is 0.262 e. The van der Waals surface area contributed by atoms with Crippen LogP contribution >= 0.6 is 22.9 Å². The van der Waals surface area contributed by atoms with Gasteiger partial charge in [-0.1, -0.05) is 19.1 Å². The average molecular weight is 320 g/mol. The minimum atomic E-state index is -0.122. The van der Waals surface area contributed by atoms with E-state index in [0.717, 1.165) is 11.4 Å². The molecule has 1 aromatic carbocycles. The van der Waals surface area contributed by atoms with Crippen LogP contribution in [0.25, 0.3) is 10.9 Å². The van der Waals surface area contributed by atoms with Crippen LogP contribution < -0.4 is 5.56 Å². The van der Waals surface area contributed by atoms with Gasteiger partial charge in [-0.2, -0.15) is 0 Å². The largest absolute Gasteiger partial charge is 0.285 e. The maximum atomic E-state index is 12.8. The lowest BCUT2D eigenvalue weighted by molar-refractivity contribution is 0.524. The Hall–Kier alpha value is -1.72. The van der Waals surface area contributed by atoms with Gasteiger partial charge < -0.3 is 0 Å². The number of rotatable bonds is 4. The summed E-state index contributed by atoms with van der Waals surface area (Å²) in [5.74, 6) is 0.782. The zero-order valence-corrected chi connectivity index (χ0v) is 13.1. The molecule has 0 radical (unpaired) electrons. The van der Waals surface area contributed by atoms with E-state index in [1.807, 2.05) is 30.5 Å². The van der Waals surface area contributed by atoms with Crippen molar-refractivity contribution in [1.82, 2.24) is 14.5 Å². The fourth-order valence-electron chi connectivity index (χ4n) is 2.47. The Morgan fingerprint density at radius 3 is 2.86 bits per heavy atom. The Bertz CT molecular complexity index is 813. The highest BCUT2D eigenvalue weighted by Crippen LogP contribution is 2.25. The predicted octanol–water partition coefficient (Wildman–Crippen LogP) is 3.59. The Morgan fingerprint density at radius 2 is 2.19 bits per heavy atom. The molecule has 0 spiro atoms. The molecule has 21 heavy (non-hydrogen) atoms. The maximum Gasteiger partial charge on any atom is 0.262 e. The third-order valence-corrected chi connectivity index (χ3v) is 4.55. The first-order valence-electron chi connectivity index (χ1n) is 6.71. The molecule has 1 atom stereocenters. The highest BCUT2D eigenvalue weighted by Gasteiger charge is 2.20. The highest BCUT2D eigenvalue weighted by molar-refractivity contribution is 7.09. The lowest BCUT2D eigenvalue weighted by Crippen LogP contribution is -2.29. The number of hydrogen-bond acceptors (Lipinski definition) is 4. The predicted molar refractivity (Wildman–Crippen MR) is 86.1 cm³/mol. The van der Waals surface area contributed by atoms with Gasteiger partial charge in [0, 0.05) is 11.6 Å². The normalized spacial score (nSPS) is 12.7. The van der Waals surface area contributed by atoms with Crippen molar-refractivity contribution in [2.45, 2.75) is 25.3 Å². The molecule has 0 fully saturated rings. The monoisotopic (exact) mass is 319 g/mol. The molecule has 108 valence electrons. The summed E-state index contributed by atoms with van der Waals surface area (Å²) in [6.07, 6.45) is 2.51. The van der Waals surface area contributed by atoms with Crippen LogP contribution in [0.5, 0.6) is 0 Å². The van der Waals surface area contributed by atoms with E-state index >= 15 is 0 Å². The summed E-state index contributed by atoms with van der Waals surface area (Å²) in [5.41, 5.74) is 0.627. The fraction of sp³-hybridized carbons (Fsp3) is 0.267. The lowest BCUT2D eigenvalue weighted by Gasteiger charge is -2.19. The number of aromatic nitrogens is 3. The van der Waals surface area contributed by atoms with Gasteiger partial charge in [-0.05, 0) is 18.6 Å². The van der Waals surface area contributed by atoms with Gasteiger partial charge in [-0.25, -0.2) is 9.97 Å². The van der Waals surface area contributed by atoms with Gasteiger partial charge in [0.15, 0.2) is 0 Å². The summed E-state index contributed by atoms with van der Waals surface area (Å²) in [6, 6.07) is 7.23. The van der Waals surface area contributed by atoms with Crippen molar-refractivity contribution >= 4 is 33.8 Å². The van der Waals surface area contributed by atoms with E-state index in [9.17, 15) is 4.79 Å². The van der Waals surface area contributed by atoms with Crippen molar-refractivity contribution in [2.75, 3.05) is 0 Å². The summed E-state index contributed by atoms with van der Waals surface area (Å²) in [5, 5.41) is 3.43. The minimum Gasteiger partial charge on any atom is -0.285 e. The third kappa shape index (κ3) is 2.47. The van der Waals surface area contributed by atoms with Crippen molar-refractivity contribution in [3.8, 4) is 0 Å². The summed E-state index contributed by atoms with van der Waals surface area (Å²) >= 11 is 7.57. The van der Waals surface area contributed by atoms with Crippen molar-refractivity contribution in [1.29, 1.82) is 0 Å². The van der Waals surface area contributed by atoms with Gasteiger partial charge in [-0.15, -0.1) is 22.9 Å². The molecule has 0 aliphatic rings. The second kappa shape index (κ2) is 5.95. The molecule has 0 N–H and O–H groups in total. The minimum absolute atomic E-state index is 0.0571. The quantitative estimate of drug-likeness (QED) is 0.690. The molecule has 0 aliphatic carbocycles. The standard InChI is InChI=1S/C15H14ClN3OS/c1-2-12(14-17-7-8-21-14)19-13(9-16)18-11-6-4-3-5-10(11)15(19)20/h3-8,12H,2,9H2,1H3. The SMILES string of the molecule is CCC(c1nccs1)n1c(CCl)nc2ccccc2c1=O. The van der Waals surface area contributed by atoms with Crippen molar-refractivity contribution in [2.24, 2.45) is 0 Å². The second-order valence-corrected chi connectivity index (χ2v) is 5.84. The van der Waals surface area contributed by atoms with E-state index < -0.39 is 0 Å². The molecule has 1 unspecified atom stereocenters. The zero-order chi connectivity index (χ0) is 14.8. The molecular weight excluding hydrogens is 306 g/mol. The van der Waals surface area contributed by atoms with Crippen LogP contribution in [-0.2, 0) is 5.88 Å². The van der Waals surface area contributed by atoms with Crippen LogP contribution in [0.1, 0.15) is 30.2 Å². The number of nitrogens with zero attached hydrogens (tertiary/aromatic N) is 3. The van der Waals surface area contributed by atoms with Gasteiger partial charge in [0.1, 0.15) is 10.8 Å². The summed E-state index contributed by atoms with van der Waals surface area (Å²) in [4.78, 5) is 21.7. The first kappa shape index (κ1) is 14.2. The lowest BCUT2D eigenvalue weighted by atomic mass is 10.2. The van der Waals surface area contributed by atoms with Gasteiger partial charge in [0.2, 0.25) is 0 Å². The van der Waals surface area contributed by atoms with E-state index in [2.05, 4.69) is 9.97 Å². The first-order valence-corrected chi connectivity index (χ1v) is 8.13. The molecule has 3 rings (SSSR count). The van der Waals surface area contributed by atoms with E-state index in [0.29, 0.717) is 16.7 Å². The average Bonchev–Trinajstić information content (AvgIpc) is 3.04. The molecule has 0 aliphatic heterocycles. The van der Waals surface area contributed by atoms with Crippen LogP contribution in [0.15, 0.2) is 40.6 Å². The number of para-hydroxylation sites is 1. The number of alkyl halides is 1. The number of hydrogen-bond donors (Lipinski definition) is 0. The van der Waals surface area contributed by atoms with Crippen molar-refractivity contribution < 1.29 is 0 Å². The Labute approximate surface area is 131 Å². The van der Waals surface area contributed by atoms with Crippen LogP contribution in [0.2, 0.25) is 0 Å². The molecule has 6 heteroatoms. The van der Waals surface area contributed by atoms with E-state index in [-0.39, 0.29) is 17.5 Å². The third-order valence-electron chi connectivity index (χ3n) is 3.44. The summed E-state index contributed by atoms with van der Waals surface area (Å²) in [7, 11) is 0. The van der Waals surface area contributed by atoms with E-state index in [1.165, 1.54) is 0 Å². The number of fused-ring (bicyclic) bond motifs is 1. The Morgan fingerprint density at radius 1 is 1.38 bits per heavy atom. The topological polar surface area (TPSA) is 47.8 Å². The van der Waals surface area contributed by atoms with Gasteiger partial charge in [-0.3, -0.25) is 9.36 Å². The van der Waals surface area contributed by atoms with Gasteiger partial charge >= 0.3 is 0 Å². The number of thiazole rings is 1. The highest BCUT2D eigenvalue weighted by atomic mass is 35.5. The molecule has 0 bridgehead atoms. The van der Waals surface area contributed by atoms with Crippen molar-refractivity contribution in [3.05, 3.63) is 57.0 Å². The molecule has 3 aromatic rings. The van der Waals surface area contributed by atoms with Crippen LogP contribution in [0, 0.1) is 0 Å². The summed E-state index contributed by atoms with van der Waals surface area (Å²) < 4.78 is 1.69. The van der Waals surface area contributed by atoms with E-state index in [1.54, 1.807) is 28.2 Å². The van der Waals surface area contributed by atoms with Crippen LogP contribution in [0.3, 0.4) is 0 Å². The molecule has 4 nitrogen and oxygen atoms in total. The Balaban J connectivity index is 2.30. The van der Waals surface area contributed by atoms with Crippen LogP contribution in [-0.4, -0.2) is 14.5 Å². The van der Waals surface area contributed by atoms with Crippen LogP contribution in [0.4, 0.5) is 0 Å². The molecule has 0 amide bonds. The Kier molecular flexibility index (Phi) is 4.03. The first-order chi connectivity index (χ1) is 10.3. The number of benzene rings is 1. The fourth-order valence-corrected chi connectivity index (χ4v) is 3.47. The van der Waals surface area contributed by atoms with Gasteiger partial charge in [0.25, 0.3) is 5.56 Å².